The zero-order chi connectivity index (χ0) is 13.8. The molecule has 1 saturated heterocycles. The van der Waals surface area contributed by atoms with Gasteiger partial charge in [0.05, 0.1) is 11.4 Å². The Bertz CT molecular complexity index is 479. The highest BCUT2D eigenvalue weighted by atomic mass is 32.1. The van der Waals surface area contributed by atoms with E-state index in [1.165, 1.54) is 5.56 Å². The standard InChI is InChI=1S/C15H20N2OS/c1-11-4-2-3-5-13(11)10-14(18)17-8-6-12(7-9-17)15(16)19/h2-5,12H,6-10H2,1H3,(H2,16,19). The second-order valence-electron chi connectivity index (χ2n) is 5.16. The molecule has 2 N–H and O–H groups in total. The molecule has 1 aromatic carbocycles. The third-order valence-electron chi connectivity index (χ3n) is 3.85. The van der Waals surface area contributed by atoms with Gasteiger partial charge in [0, 0.05) is 19.0 Å². The molecule has 102 valence electrons. The van der Waals surface area contributed by atoms with Crippen LogP contribution in [0, 0.1) is 12.8 Å². The molecule has 0 spiro atoms. The zero-order valence-corrected chi connectivity index (χ0v) is 12.1. The van der Waals surface area contributed by atoms with E-state index in [-0.39, 0.29) is 5.91 Å². The predicted molar refractivity (Wildman–Crippen MR) is 81.0 cm³/mol. The van der Waals surface area contributed by atoms with E-state index in [2.05, 4.69) is 0 Å². The fourth-order valence-electron chi connectivity index (χ4n) is 2.50. The first-order chi connectivity index (χ1) is 9.08. The summed E-state index contributed by atoms with van der Waals surface area (Å²) in [5.74, 6) is 0.508. The van der Waals surface area contributed by atoms with Gasteiger partial charge >= 0.3 is 0 Å². The molecule has 1 heterocycles. The molecular formula is C15H20N2OS. The average Bonchev–Trinajstić information content (AvgIpc) is 2.41. The van der Waals surface area contributed by atoms with Gasteiger partial charge in [0.15, 0.2) is 0 Å². The molecule has 1 aromatic rings. The molecular weight excluding hydrogens is 256 g/mol. The molecule has 2 rings (SSSR count). The highest BCUT2D eigenvalue weighted by Gasteiger charge is 2.24. The number of piperidine rings is 1. The van der Waals surface area contributed by atoms with Crippen LogP contribution in [0.3, 0.4) is 0 Å². The van der Waals surface area contributed by atoms with Gasteiger partial charge in [-0.3, -0.25) is 4.79 Å². The number of aryl methyl sites for hydroxylation is 1. The van der Waals surface area contributed by atoms with E-state index in [1.807, 2.05) is 36.1 Å². The topological polar surface area (TPSA) is 46.3 Å². The second kappa shape index (κ2) is 6.15. The SMILES string of the molecule is Cc1ccccc1CC(=O)N1CCC(C(N)=S)CC1. The van der Waals surface area contributed by atoms with Gasteiger partial charge in [0.25, 0.3) is 0 Å². The molecule has 4 heteroatoms. The van der Waals surface area contributed by atoms with Crippen molar-refractivity contribution in [1.29, 1.82) is 0 Å². The van der Waals surface area contributed by atoms with E-state index in [0.29, 0.717) is 17.3 Å². The molecule has 1 amide bonds. The van der Waals surface area contributed by atoms with Crippen LogP contribution in [0.15, 0.2) is 24.3 Å². The van der Waals surface area contributed by atoms with Crippen molar-refractivity contribution in [3.8, 4) is 0 Å². The van der Waals surface area contributed by atoms with Gasteiger partial charge in [-0.05, 0) is 30.9 Å². The van der Waals surface area contributed by atoms with Crippen molar-refractivity contribution in [2.24, 2.45) is 11.7 Å². The Kier molecular flexibility index (Phi) is 4.53. The van der Waals surface area contributed by atoms with Gasteiger partial charge in [-0.15, -0.1) is 0 Å². The second-order valence-corrected chi connectivity index (χ2v) is 5.63. The number of nitrogens with two attached hydrogens (primary N) is 1. The quantitative estimate of drug-likeness (QED) is 0.860. The lowest BCUT2D eigenvalue weighted by atomic mass is 9.96. The molecule has 0 aliphatic carbocycles. The number of hydrogen-bond acceptors (Lipinski definition) is 2. The van der Waals surface area contributed by atoms with Gasteiger partial charge in [-0.1, -0.05) is 36.5 Å². The van der Waals surface area contributed by atoms with E-state index in [9.17, 15) is 4.79 Å². The summed E-state index contributed by atoms with van der Waals surface area (Å²) in [6.45, 7) is 3.58. The fourth-order valence-corrected chi connectivity index (χ4v) is 2.73. The summed E-state index contributed by atoms with van der Waals surface area (Å²) in [5.41, 5.74) is 7.95. The Morgan fingerprint density at radius 2 is 2.00 bits per heavy atom. The first kappa shape index (κ1) is 14.0. The number of benzene rings is 1. The maximum absolute atomic E-state index is 12.3. The van der Waals surface area contributed by atoms with E-state index in [0.717, 1.165) is 31.5 Å². The molecule has 0 saturated carbocycles. The number of thiocarbonyl (C=S) groups is 1. The largest absolute Gasteiger partial charge is 0.393 e. The first-order valence-corrected chi connectivity index (χ1v) is 7.10. The van der Waals surface area contributed by atoms with Crippen LogP contribution in [0.4, 0.5) is 0 Å². The number of carbonyl (C=O) groups excluding carboxylic acids is 1. The van der Waals surface area contributed by atoms with E-state index >= 15 is 0 Å². The summed E-state index contributed by atoms with van der Waals surface area (Å²) >= 11 is 5.02. The molecule has 1 aliphatic rings. The number of likely N-dealkylation sites (tertiary alicyclic amines) is 1. The third kappa shape index (κ3) is 3.53. The lowest BCUT2D eigenvalue weighted by Crippen LogP contribution is -2.42. The molecule has 19 heavy (non-hydrogen) atoms. The Labute approximate surface area is 119 Å². The highest BCUT2D eigenvalue weighted by Crippen LogP contribution is 2.18. The lowest BCUT2D eigenvalue weighted by Gasteiger charge is -2.31. The minimum absolute atomic E-state index is 0.204. The summed E-state index contributed by atoms with van der Waals surface area (Å²) < 4.78 is 0. The van der Waals surface area contributed by atoms with Crippen LogP contribution in [0.25, 0.3) is 0 Å². The van der Waals surface area contributed by atoms with Crippen molar-refractivity contribution in [3.63, 3.8) is 0 Å². The van der Waals surface area contributed by atoms with Crippen molar-refractivity contribution in [3.05, 3.63) is 35.4 Å². The normalized spacial score (nSPS) is 16.4. The Hall–Kier alpha value is -1.42. The Balaban J connectivity index is 1.92. The monoisotopic (exact) mass is 276 g/mol. The van der Waals surface area contributed by atoms with Gasteiger partial charge in [-0.25, -0.2) is 0 Å². The van der Waals surface area contributed by atoms with Gasteiger partial charge in [-0.2, -0.15) is 0 Å². The summed E-state index contributed by atoms with van der Waals surface area (Å²) in [6.07, 6.45) is 2.29. The van der Waals surface area contributed by atoms with Crippen molar-refractivity contribution in [1.82, 2.24) is 4.90 Å². The Morgan fingerprint density at radius 3 is 2.58 bits per heavy atom. The average molecular weight is 276 g/mol. The molecule has 0 unspecified atom stereocenters. The van der Waals surface area contributed by atoms with Crippen LogP contribution in [-0.4, -0.2) is 28.9 Å². The summed E-state index contributed by atoms with van der Waals surface area (Å²) in [7, 11) is 0. The van der Waals surface area contributed by atoms with Crippen LogP contribution >= 0.6 is 12.2 Å². The molecule has 1 aliphatic heterocycles. The number of rotatable bonds is 3. The number of carbonyl (C=O) groups is 1. The summed E-state index contributed by atoms with van der Waals surface area (Å²) in [4.78, 5) is 14.8. The van der Waals surface area contributed by atoms with Crippen molar-refractivity contribution in [2.75, 3.05) is 13.1 Å². The predicted octanol–water partition coefficient (Wildman–Crippen LogP) is 2.06. The third-order valence-corrected chi connectivity index (χ3v) is 4.19. The van der Waals surface area contributed by atoms with Gasteiger partial charge in [0.2, 0.25) is 5.91 Å². The molecule has 1 fully saturated rings. The maximum atomic E-state index is 12.3. The Morgan fingerprint density at radius 1 is 1.37 bits per heavy atom. The highest BCUT2D eigenvalue weighted by molar-refractivity contribution is 7.80. The van der Waals surface area contributed by atoms with Crippen molar-refractivity contribution < 1.29 is 4.79 Å². The van der Waals surface area contributed by atoms with Crippen molar-refractivity contribution >= 4 is 23.1 Å². The van der Waals surface area contributed by atoms with E-state index in [1.54, 1.807) is 0 Å². The van der Waals surface area contributed by atoms with Crippen molar-refractivity contribution in [2.45, 2.75) is 26.2 Å². The molecule has 3 nitrogen and oxygen atoms in total. The minimum atomic E-state index is 0.204. The van der Waals surface area contributed by atoms with Crippen LogP contribution < -0.4 is 5.73 Å². The van der Waals surface area contributed by atoms with Gasteiger partial charge < -0.3 is 10.6 Å². The molecule has 0 radical (unpaired) electrons. The maximum Gasteiger partial charge on any atom is 0.226 e. The fraction of sp³-hybridized carbons (Fsp3) is 0.467. The first-order valence-electron chi connectivity index (χ1n) is 6.69. The minimum Gasteiger partial charge on any atom is -0.393 e. The van der Waals surface area contributed by atoms with Crippen LogP contribution in [0.5, 0.6) is 0 Å². The number of hydrogen-bond donors (Lipinski definition) is 1. The lowest BCUT2D eigenvalue weighted by molar-refractivity contribution is -0.131. The van der Waals surface area contributed by atoms with E-state index in [4.69, 9.17) is 18.0 Å². The zero-order valence-electron chi connectivity index (χ0n) is 11.3. The molecule has 0 aromatic heterocycles. The number of nitrogens with zero attached hydrogens (tertiary/aromatic N) is 1. The summed E-state index contributed by atoms with van der Waals surface area (Å²) in [5, 5.41) is 0. The number of amides is 1. The van der Waals surface area contributed by atoms with Crippen LogP contribution in [0.2, 0.25) is 0 Å². The smallest absolute Gasteiger partial charge is 0.226 e. The summed E-state index contributed by atoms with van der Waals surface area (Å²) in [6, 6.07) is 8.04. The molecule has 0 atom stereocenters. The van der Waals surface area contributed by atoms with Gasteiger partial charge in [0.1, 0.15) is 0 Å². The van der Waals surface area contributed by atoms with Crippen LogP contribution in [0.1, 0.15) is 24.0 Å². The van der Waals surface area contributed by atoms with Crippen LogP contribution in [-0.2, 0) is 11.2 Å². The molecule has 0 bridgehead atoms. The van der Waals surface area contributed by atoms with E-state index < -0.39 is 0 Å².